The Labute approximate surface area is 224 Å². The van der Waals surface area contributed by atoms with E-state index < -0.39 is 15.1 Å². The Kier molecular flexibility index (Phi) is 7.31. The van der Waals surface area contributed by atoms with E-state index in [1.54, 1.807) is 13.1 Å². The van der Waals surface area contributed by atoms with Gasteiger partial charge in [-0.2, -0.15) is 9.40 Å². The van der Waals surface area contributed by atoms with Gasteiger partial charge in [-0.25, -0.2) is 13.4 Å². The average Bonchev–Trinajstić information content (AvgIpc) is 3.14. The van der Waals surface area contributed by atoms with Crippen LogP contribution in [0.25, 0.3) is 22.4 Å². The summed E-state index contributed by atoms with van der Waals surface area (Å²) in [6.45, 7) is 6.14. The number of aromatic nitrogens is 4. The molecule has 14 nitrogen and oxygen atoms in total. The normalized spacial score (nSPS) is 17.2. The predicted molar refractivity (Wildman–Crippen MR) is 140 cm³/mol. The molecule has 2 saturated heterocycles. The number of nitrogens with one attached hydrogen (secondary N) is 1. The van der Waals surface area contributed by atoms with Crippen molar-refractivity contribution in [2.24, 2.45) is 13.0 Å². The van der Waals surface area contributed by atoms with E-state index >= 15 is 0 Å². The van der Waals surface area contributed by atoms with Crippen LogP contribution in [0.3, 0.4) is 0 Å². The third-order valence-corrected chi connectivity index (χ3v) is 8.97. The standard InChI is InChI=1S/C24H31N7O7S/c1-4-6-19-21-22(28(3)27-19)24(32)26-23(25-21)18-9-17(7-8-20(18)37-5-2)39(35,36)30-12-16(13-30)29-10-15(11-29)14-38-31(33)34/h7-9,15-16H,4-6,10-14H2,1-3H3,(H,25,26,32). The van der Waals surface area contributed by atoms with Crippen molar-refractivity contribution < 1.29 is 23.1 Å². The summed E-state index contributed by atoms with van der Waals surface area (Å²) in [4.78, 5) is 37.4. The zero-order valence-electron chi connectivity index (χ0n) is 22.0. The summed E-state index contributed by atoms with van der Waals surface area (Å²) in [6.07, 6.45) is 1.48. The van der Waals surface area contributed by atoms with E-state index in [1.165, 1.54) is 21.1 Å². The van der Waals surface area contributed by atoms with Crippen LogP contribution in [0, 0.1) is 16.0 Å². The van der Waals surface area contributed by atoms with Gasteiger partial charge in [-0.15, -0.1) is 10.1 Å². The lowest BCUT2D eigenvalue weighted by Gasteiger charge is -2.51. The number of nitrogens with zero attached hydrogens (tertiary/aromatic N) is 6. The van der Waals surface area contributed by atoms with Crippen molar-refractivity contribution in [3.8, 4) is 17.1 Å². The molecule has 2 aliphatic rings. The summed E-state index contributed by atoms with van der Waals surface area (Å²) in [6, 6.07) is 4.62. The van der Waals surface area contributed by atoms with Gasteiger partial charge in [0.15, 0.2) is 5.52 Å². The molecule has 0 saturated carbocycles. The minimum atomic E-state index is -3.81. The number of hydrogen-bond acceptors (Lipinski definition) is 10. The number of aromatic amines is 1. The number of H-pyrrole nitrogens is 1. The fourth-order valence-electron chi connectivity index (χ4n) is 5.09. The van der Waals surface area contributed by atoms with Crippen molar-refractivity contribution >= 4 is 21.1 Å². The van der Waals surface area contributed by atoms with Crippen LogP contribution in [0.4, 0.5) is 0 Å². The minimum absolute atomic E-state index is 0.0497. The Bertz CT molecular complexity index is 1560. The molecule has 0 spiro atoms. The molecule has 0 unspecified atom stereocenters. The molecular weight excluding hydrogens is 530 g/mol. The highest BCUT2D eigenvalue weighted by Crippen LogP contribution is 2.34. The Balaban J connectivity index is 1.39. The molecule has 0 radical (unpaired) electrons. The first-order chi connectivity index (χ1) is 18.6. The van der Waals surface area contributed by atoms with E-state index in [0.29, 0.717) is 67.2 Å². The summed E-state index contributed by atoms with van der Waals surface area (Å²) in [5.41, 5.74) is 1.54. The van der Waals surface area contributed by atoms with Gasteiger partial charge in [0.2, 0.25) is 10.0 Å². The summed E-state index contributed by atoms with van der Waals surface area (Å²) < 4.78 is 35.6. The Morgan fingerprint density at radius 1 is 1.21 bits per heavy atom. The second-order valence-corrected chi connectivity index (χ2v) is 11.8. The van der Waals surface area contributed by atoms with Crippen LogP contribution in [0.5, 0.6) is 5.75 Å². The number of fused-ring (bicyclic) bond motifs is 1. The van der Waals surface area contributed by atoms with E-state index in [-0.39, 0.29) is 34.8 Å². The van der Waals surface area contributed by atoms with Crippen molar-refractivity contribution in [2.75, 3.05) is 39.4 Å². The number of aryl methyl sites for hydroxylation is 2. The van der Waals surface area contributed by atoms with E-state index in [9.17, 15) is 23.3 Å². The molecule has 0 amide bonds. The van der Waals surface area contributed by atoms with E-state index in [0.717, 1.165) is 6.42 Å². The maximum Gasteiger partial charge on any atom is 0.294 e. The molecule has 2 aromatic heterocycles. The number of ether oxygens (including phenoxy) is 1. The molecule has 39 heavy (non-hydrogen) atoms. The lowest BCUT2D eigenvalue weighted by atomic mass is 9.96. The quantitative estimate of drug-likeness (QED) is 0.265. The van der Waals surface area contributed by atoms with Gasteiger partial charge in [-0.1, -0.05) is 13.3 Å². The first-order valence-corrected chi connectivity index (χ1v) is 14.3. The van der Waals surface area contributed by atoms with Gasteiger partial charge in [0.25, 0.3) is 10.6 Å². The maximum absolute atomic E-state index is 13.5. The molecular formula is C24H31N7O7S. The molecule has 2 fully saturated rings. The van der Waals surface area contributed by atoms with Crippen molar-refractivity contribution in [3.63, 3.8) is 0 Å². The highest BCUT2D eigenvalue weighted by Gasteiger charge is 2.43. The molecule has 3 aromatic rings. The Morgan fingerprint density at radius 3 is 2.62 bits per heavy atom. The van der Waals surface area contributed by atoms with Crippen molar-refractivity contribution in [2.45, 2.75) is 37.6 Å². The van der Waals surface area contributed by atoms with Gasteiger partial charge >= 0.3 is 0 Å². The SMILES string of the molecule is CCCc1nn(C)c2c(=O)[nH]c(-c3cc(S(=O)(=O)N4CC(N5CC(CO[N+](=O)[O-])C5)C4)ccc3OCC)nc12. The van der Waals surface area contributed by atoms with Crippen LogP contribution in [-0.4, -0.2) is 87.9 Å². The summed E-state index contributed by atoms with van der Waals surface area (Å²) in [5.74, 6) is 0.688. The lowest BCUT2D eigenvalue weighted by molar-refractivity contribution is -0.759. The van der Waals surface area contributed by atoms with Crippen LogP contribution < -0.4 is 10.3 Å². The number of rotatable bonds is 11. The number of benzene rings is 1. The molecule has 1 N–H and O–H groups in total. The van der Waals surface area contributed by atoms with Gasteiger partial charge in [0.1, 0.15) is 23.7 Å². The van der Waals surface area contributed by atoms with Gasteiger partial charge in [0, 0.05) is 45.2 Å². The van der Waals surface area contributed by atoms with Gasteiger partial charge < -0.3 is 14.6 Å². The van der Waals surface area contributed by atoms with Crippen LogP contribution in [0.15, 0.2) is 27.9 Å². The molecule has 0 atom stereocenters. The number of likely N-dealkylation sites (tertiary alicyclic amines) is 1. The zero-order chi connectivity index (χ0) is 27.9. The third kappa shape index (κ3) is 5.08. The minimum Gasteiger partial charge on any atom is -0.493 e. The van der Waals surface area contributed by atoms with Crippen LogP contribution in [-0.2, 0) is 28.3 Å². The second kappa shape index (κ2) is 10.5. The van der Waals surface area contributed by atoms with Crippen LogP contribution >= 0.6 is 0 Å². The van der Waals surface area contributed by atoms with E-state index in [4.69, 9.17) is 9.72 Å². The fraction of sp³-hybridized carbons (Fsp3) is 0.542. The van der Waals surface area contributed by atoms with Crippen molar-refractivity contribution in [3.05, 3.63) is 44.4 Å². The molecule has 1 aromatic carbocycles. The molecule has 4 heterocycles. The molecule has 5 rings (SSSR count). The summed E-state index contributed by atoms with van der Waals surface area (Å²) >= 11 is 0. The van der Waals surface area contributed by atoms with Crippen LogP contribution in [0.1, 0.15) is 26.0 Å². The molecule has 2 aliphatic heterocycles. The molecule has 0 bridgehead atoms. The van der Waals surface area contributed by atoms with Crippen molar-refractivity contribution in [1.29, 1.82) is 0 Å². The topological polar surface area (TPSA) is 166 Å². The first kappa shape index (κ1) is 27.0. The summed E-state index contributed by atoms with van der Waals surface area (Å²) in [5, 5.41) is 14.0. The monoisotopic (exact) mass is 561 g/mol. The predicted octanol–water partition coefficient (Wildman–Crippen LogP) is 1.19. The zero-order valence-corrected chi connectivity index (χ0v) is 22.8. The Hall–Kier alpha value is -3.56. The number of sulfonamides is 1. The lowest BCUT2D eigenvalue weighted by Crippen LogP contribution is -2.66. The molecule has 0 aliphatic carbocycles. The van der Waals surface area contributed by atoms with Crippen LogP contribution in [0.2, 0.25) is 0 Å². The van der Waals surface area contributed by atoms with Gasteiger partial charge in [0.05, 0.1) is 22.8 Å². The van der Waals surface area contributed by atoms with E-state index in [2.05, 4.69) is 19.8 Å². The number of hydrogen-bond donors (Lipinski definition) is 1. The van der Waals surface area contributed by atoms with Crippen molar-refractivity contribution in [1.82, 2.24) is 29.0 Å². The Morgan fingerprint density at radius 2 is 1.95 bits per heavy atom. The largest absolute Gasteiger partial charge is 0.493 e. The van der Waals surface area contributed by atoms with Gasteiger partial charge in [-0.3, -0.25) is 14.4 Å². The third-order valence-electron chi connectivity index (χ3n) is 7.14. The fourth-order valence-corrected chi connectivity index (χ4v) is 6.63. The second-order valence-electron chi connectivity index (χ2n) is 9.84. The first-order valence-electron chi connectivity index (χ1n) is 12.9. The molecule has 210 valence electrons. The summed E-state index contributed by atoms with van der Waals surface area (Å²) in [7, 11) is -2.12. The maximum atomic E-state index is 13.5. The average molecular weight is 562 g/mol. The highest BCUT2D eigenvalue weighted by molar-refractivity contribution is 7.89. The van der Waals surface area contributed by atoms with E-state index in [1.807, 2.05) is 13.8 Å². The highest BCUT2D eigenvalue weighted by atomic mass is 32.2. The smallest absolute Gasteiger partial charge is 0.294 e. The van der Waals surface area contributed by atoms with Gasteiger partial charge in [-0.05, 0) is 31.5 Å². The molecule has 15 heteroatoms.